The summed E-state index contributed by atoms with van der Waals surface area (Å²) in [6.07, 6.45) is 1.77. The zero-order chi connectivity index (χ0) is 6.85. The summed E-state index contributed by atoms with van der Waals surface area (Å²) in [7, 11) is 0. The van der Waals surface area contributed by atoms with Crippen LogP contribution in [0.1, 0.15) is 17.1 Å². The van der Waals surface area contributed by atoms with Crippen LogP contribution in [-0.2, 0) is 4.79 Å². The summed E-state index contributed by atoms with van der Waals surface area (Å²) < 4.78 is 5.04. The number of furan rings is 1. The third-order valence-electron chi connectivity index (χ3n) is 1.15. The van der Waals surface area contributed by atoms with Crippen molar-refractivity contribution in [2.75, 3.05) is 0 Å². The van der Waals surface area contributed by atoms with Gasteiger partial charge in [0.15, 0.2) is 0 Å². The standard InChI is InChI=1S/C7H7O2/c1-5-3-7(4-8)6(2)9-5/h3H,1-2H3. The number of hydrogen-bond acceptors (Lipinski definition) is 2. The van der Waals surface area contributed by atoms with Crippen molar-refractivity contribution in [3.63, 3.8) is 0 Å². The molecule has 0 amide bonds. The van der Waals surface area contributed by atoms with Crippen molar-refractivity contribution in [1.29, 1.82) is 0 Å². The predicted octanol–water partition coefficient (Wildman–Crippen LogP) is 1.35. The van der Waals surface area contributed by atoms with E-state index >= 15 is 0 Å². The first-order chi connectivity index (χ1) is 4.24. The molecule has 0 atom stereocenters. The highest BCUT2D eigenvalue weighted by atomic mass is 16.3. The molecule has 9 heavy (non-hydrogen) atoms. The lowest BCUT2D eigenvalue weighted by atomic mass is 10.3. The molecule has 2 heteroatoms. The number of aryl methyl sites for hydroxylation is 2. The van der Waals surface area contributed by atoms with Gasteiger partial charge in [0, 0.05) is 0 Å². The van der Waals surface area contributed by atoms with E-state index in [1.807, 2.05) is 0 Å². The fourth-order valence-electron chi connectivity index (χ4n) is 0.732. The maximum atomic E-state index is 10.1. The molecular formula is C7H7O2. The number of carbonyl (C=O) groups excluding carboxylic acids is 1. The normalized spacial score (nSPS) is 9.56. The maximum Gasteiger partial charge on any atom is 0.237 e. The van der Waals surface area contributed by atoms with Crippen LogP contribution in [0.15, 0.2) is 10.5 Å². The van der Waals surface area contributed by atoms with Crippen LogP contribution in [0.4, 0.5) is 0 Å². The van der Waals surface area contributed by atoms with Gasteiger partial charge in [-0.05, 0) is 19.9 Å². The highest BCUT2D eigenvalue weighted by molar-refractivity contribution is 5.76. The van der Waals surface area contributed by atoms with Crippen molar-refractivity contribution in [3.8, 4) is 0 Å². The predicted molar refractivity (Wildman–Crippen MR) is 33.0 cm³/mol. The fourth-order valence-corrected chi connectivity index (χ4v) is 0.732. The molecule has 0 aliphatic rings. The van der Waals surface area contributed by atoms with Crippen molar-refractivity contribution in [1.82, 2.24) is 0 Å². The first-order valence-electron chi connectivity index (χ1n) is 2.69. The van der Waals surface area contributed by atoms with Crippen molar-refractivity contribution in [3.05, 3.63) is 23.2 Å². The van der Waals surface area contributed by atoms with Crippen molar-refractivity contribution in [2.45, 2.75) is 13.8 Å². The van der Waals surface area contributed by atoms with Gasteiger partial charge in [-0.25, -0.2) is 0 Å². The second-order valence-corrected chi connectivity index (χ2v) is 1.93. The quantitative estimate of drug-likeness (QED) is 0.564. The molecule has 0 saturated carbocycles. The Morgan fingerprint density at radius 2 is 2.22 bits per heavy atom. The summed E-state index contributed by atoms with van der Waals surface area (Å²) in [5.74, 6) is 1.40. The minimum atomic E-state index is 0.521. The second kappa shape index (κ2) is 2.05. The van der Waals surface area contributed by atoms with E-state index in [4.69, 9.17) is 4.42 Å². The molecule has 0 N–H and O–H groups in total. The summed E-state index contributed by atoms with van der Waals surface area (Å²) >= 11 is 0. The van der Waals surface area contributed by atoms with Gasteiger partial charge in [0.1, 0.15) is 11.5 Å². The van der Waals surface area contributed by atoms with Gasteiger partial charge in [0.2, 0.25) is 6.29 Å². The molecule has 0 aromatic carbocycles. The Balaban J connectivity index is 3.15. The van der Waals surface area contributed by atoms with Gasteiger partial charge in [-0.3, -0.25) is 4.79 Å². The highest BCUT2D eigenvalue weighted by Gasteiger charge is 2.01. The maximum absolute atomic E-state index is 10.1. The molecule has 0 saturated heterocycles. The molecule has 1 heterocycles. The summed E-state index contributed by atoms with van der Waals surface area (Å²) in [6.45, 7) is 3.54. The summed E-state index contributed by atoms with van der Waals surface area (Å²) in [4.78, 5) is 10.1. The molecule has 2 nitrogen and oxygen atoms in total. The van der Waals surface area contributed by atoms with Crippen LogP contribution in [-0.4, -0.2) is 6.29 Å². The van der Waals surface area contributed by atoms with Gasteiger partial charge >= 0.3 is 0 Å². The van der Waals surface area contributed by atoms with E-state index in [9.17, 15) is 4.79 Å². The van der Waals surface area contributed by atoms with Crippen LogP contribution >= 0.6 is 0 Å². The van der Waals surface area contributed by atoms with Crippen LogP contribution < -0.4 is 0 Å². The van der Waals surface area contributed by atoms with Gasteiger partial charge < -0.3 is 4.42 Å². The zero-order valence-corrected chi connectivity index (χ0v) is 5.39. The Hall–Kier alpha value is -1.05. The molecule has 1 aromatic heterocycles. The van der Waals surface area contributed by atoms with E-state index in [1.165, 1.54) is 0 Å². The van der Waals surface area contributed by atoms with Crippen LogP contribution in [0.25, 0.3) is 0 Å². The van der Waals surface area contributed by atoms with Crippen molar-refractivity contribution in [2.24, 2.45) is 0 Å². The van der Waals surface area contributed by atoms with Crippen LogP contribution in [0, 0.1) is 13.8 Å². The lowest BCUT2D eigenvalue weighted by molar-refractivity contribution is 0.502. The van der Waals surface area contributed by atoms with E-state index in [2.05, 4.69) is 0 Å². The molecule has 0 spiro atoms. The van der Waals surface area contributed by atoms with Gasteiger partial charge in [-0.15, -0.1) is 0 Å². The van der Waals surface area contributed by atoms with Gasteiger partial charge in [0.25, 0.3) is 0 Å². The summed E-state index contributed by atoms with van der Waals surface area (Å²) in [5.41, 5.74) is 0.521. The second-order valence-electron chi connectivity index (χ2n) is 1.93. The SMILES string of the molecule is Cc1cc([C]=O)c(C)o1. The Kier molecular flexibility index (Phi) is 1.39. The molecule has 47 valence electrons. The molecular weight excluding hydrogens is 116 g/mol. The van der Waals surface area contributed by atoms with E-state index in [0.717, 1.165) is 5.76 Å². The van der Waals surface area contributed by atoms with Gasteiger partial charge in [-0.2, -0.15) is 0 Å². The molecule has 0 fully saturated rings. The molecule has 0 aliphatic heterocycles. The third-order valence-corrected chi connectivity index (χ3v) is 1.15. The fraction of sp³-hybridized carbons (Fsp3) is 0.286. The topological polar surface area (TPSA) is 30.2 Å². The largest absolute Gasteiger partial charge is 0.466 e. The molecule has 0 unspecified atom stereocenters. The Labute approximate surface area is 53.5 Å². The first kappa shape index (κ1) is 6.08. The van der Waals surface area contributed by atoms with E-state index < -0.39 is 0 Å². The van der Waals surface area contributed by atoms with E-state index in [0.29, 0.717) is 11.3 Å². The lowest BCUT2D eigenvalue weighted by Gasteiger charge is -1.79. The van der Waals surface area contributed by atoms with E-state index in [-0.39, 0.29) is 0 Å². The lowest BCUT2D eigenvalue weighted by Crippen LogP contribution is -1.75. The first-order valence-corrected chi connectivity index (χ1v) is 2.69. The smallest absolute Gasteiger partial charge is 0.237 e. The van der Waals surface area contributed by atoms with Gasteiger partial charge in [0.05, 0.1) is 5.56 Å². The monoisotopic (exact) mass is 123 g/mol. The van der Waals surface area contributed by atoms with Gasteiger partial charge in [-0.1, -0.05) is 0 Å². The third kappa shape index (κ3) is 1.02. The molecule has 1 radical (unpaired) electrons. The van der Waals surface area contributed by atoms with Crippen LogP contribution in [0.2, 0.25) is 0 Å². The van der Waals surface area contributed by atoms with Crippen LogP contribution in [0.5, 0.6) is 0 Å². The molecule has 1 aromatic rings. The Morgan fingerprint density at radius 3 is 2.44 bits per heavy atom. The average Bonchev–Trinajstić information content (AvgIpc) is 2.10. The highest BCUT2D eigenvalue weighted by Crippen LogP contribution is 2.09. The Morgan fingerprint density at radius 1 is 1.56 bits per heavy atom. The molecule has 0 bridgehead atoms. The number of rotatable bonds is 1. The molecule has 1 rings (SSSR count). The molecule has 0 aliphatic carbocycles. The van der Waals surface area contributed by atoms with E-state index in [1.54, 1.807) is 26.2 Å². The average molecular weight is 123 g/mol. The van der Waals surface area contributed by atoms with Crippen molar-refractivity contribution < 1.29 is 9.21 Å². The summed E-state index contributed by atoms with van der Waals surface area (Å²) in [5, 5.41) is 0. The Bertz CT molecular complexity index is 223. The van der Waals surface area contributed by atoms with Crippen LogP contribution in [0.3, 0.4) is 0 Å². The number of hydrogen-bond donors (Lipinski definition) is 0. The zero-order valence-electron chi connectivity index (χ0n) is 5.39. The minimum Gasteiger partial charge on any atom is -0.466 e. The van der Waals surface area contributed by atoms with Crippen molar-refractivity contribution >= 4 is 6.29 Å². The minimum absolute atomic E-state index is 0.521. The summed E-state index contributed by atoms with van der Waals surface area (Å²) in [6, 6.07) is 1.67.